The van der Waals surface area contributed by atoms with Gasteiger partial charge in [0.05, 0.1) is 6.54 Å². The molecule has 1 aromatic rings. The Kier molecular flexibility index (Phi) is 4.23. The van der Waals surface area contributed by atoms with Crippen molar-refractivity contribution in [2.24, 2.45) is 5.73 Å². The van der Waals surface area contributed by atoms with E-state index in [2.05, 4.69) is 10.3 Å². The van der Waals surface area contributed by atoms with Crippen molar-refractivity contribution in [3.05, 3.63) is 42.0 Å². The Hall–Kier alpha value is -1.81. The molecule has 4 nitrogen and oxygen atoms in total. The molecule has 4 heteroatoms. The second-order valence-corrected chi connectivity index (χ2v) is 2.58. The van der Waals surface area contributed by atoms with E-state index in [-0.39, 0.29) is 0 Å². The predicted molar refractivity (Wildman–Crippen MR) is 54.1 cm³/mol. The Morgan fingerprint density at radius 3 is 2.79 bits per heavy atom. The number of carbonyl (C=O) groups excluding carboxylic acids is 1. The highest BCUT2D eigenvalue weighted by molar-refractivity contribution is 5.64. The molecule has 0 aromatic heterocycles. The van der Waals surface area contributed by atoms with E-state index in [1.165, 1.54) is 0 Å². The molecule has 0 aliphatic rings. The number of carbonyl (C=O) groups is 1. The van der Waals surface area contributed by atoms with Crippen molar-refractivity contribution in [3.63, 3.8) is 0 Å². The van der Waals surface area contributed by atoms with Gasteiger partial charge in [0.25, 0.3) is 0 Å². The van der Waals surface area contributed by atoms with Gasteiger partial charge in [0.15, 0.2) is 0 Å². The SMILES string of the molecule is NC(=O)ONCC=Cc1ccccc1. The highest BCUT2D eigenvalue weighted by Crippen LogP contribution is 1.99. The van der Waals surface area contributed by atoms with Gasteiger partial charge in [0.2, 0.25) is 0 Å². The number of rotatable bonds is 4. The predicted octanol–water partition coefficient (Wildman–Crippen LogP) is 1.30. The molecule has 74 valence electrons. The Balaban J connectivity index is 2.25. The van der Waals surface area contributed by atoms with E-state index in [0.29, 0.717) is 6.54 Å². The summed E-state index contributed by atoms with van der Waals surface area (Å²) in [6.45, 7) is 0.428. The van der Waals surface area contributed by atoms with Crippen LogP contribution in [0.1, 0.15) is 5.56 Å². The molecule has 0 saturated heterocycles. The van der Waals surface area contributed by atoms with Crippen molar-refractivity contribution in [3.8, 4) is 0 Å². The van der Waals surface area contributed by atoms with Gasteiger partial charge >= 0.3 is 6.09 Å². The van der Waals surface area contributed by atoms with Gasteiger partial charge in [-0.05, 0) is 5.56 Å². The van der Waals surface area contributed by atoms with E-state index in [0.717, 1.165) is 5.56 Å². The Morgan fingerprint density at radius 1 is 1.43 bits per heavy atom. The lowest BCUT2D eigenvalue weighted by Crippen LogP contribution is -2.24. The molecule has 0 radical (unpaired) electrons. The molecule has 0 saturated carbocycles. The molecule has 14 heavy (non-hydrogen) atoms. The smallest absolute Gasteiger partial charge is 0.354 e. The summed E-state index contributed by atoms with van der Waals surface area (Å²) in [6.07, 6.45) is 2.91. The minimum atomic E-state index is -0.835. The number of hydrogen-bond acceptors (Lipinski definition) is 3. The first kappa shape index (κ1) is 10.3. The summed E-state index contributed by atoms with van der Waals surface area (Å²) >= 11 is 0. The van der Waals surface area contributed by atoms with Crippen molar-refractivity contribution < 1.29 is 9.63 Å². The van der Waals surface area contributed by atoms with Gasteiger partial charge in [-0.1, -0.05) is 42.5 Å². The van der Waals surface area contributed by atoms with Crippen LogP contribution in [0.15, 0.2) is 36.4 Å². The van der Waals surface area contributed by atoms with Crippen LogP contribution >= 0.6 is 0 Å². The van der Waals surface area contributed by atoms with Crippen LogP contribution in [0.3, 0.4) is 0 Å². The lowest BCUT2D eigenvalue weighted by atomic mass is 10.2. The van der Waals surface area contributed by atoms with Crippen LogP contribution in [0.5, 0.6) is 0 Å². The summed E-state index contributed by atoms with van der Waals surface area (Å²) in [5, 5.41) is 0. The van der Waals surface area contributed by atoms with Gasteiger partial charge in [-0.25, -0.2) is 4.79 Å². The van der Waals surface area contributed by atoms with E-state index >= 15 is 0 Å². The van der Waals surface area contributed by atoms with Crippen LogP contribution in [0.2, 0.25) is 0 Å². The maximum absolute atomic E-state index is 10.1. The second-order valence-electron chi connectivity index (χ2n) is 2.58. The first-order valence-corrected chi connectivity index (χ1v) is 4.20. The summed E-state index contributed by atoms with van der Waals surface area (Å²) in [6, 6.07) is 9.81. The fraction of sp³-hybridized carbons (Fsp3) is 0.100. The van der Waals surface area contributed by atoms with Crippen molar-refractivity contribution in [2.75, 3.05) is 6.54 Å². The first-order valence-electron chi connectivity index (χ1n) is 4.20. The largest absolute Gasteiger partial charge is 0.423 e. The topological polar surface area (TPSA) is 64.4 Å². The Labute approximate surface area is 82.3 Å². The highest BCUT2D eigenvalue weighted by atomic mass is 16.7. The van der Waals surface area contributed by atoms with Crippen molar-refractivity contribution >= 4 is 12.2 Å². The zero-order chi connectivity index (χ0) is 10.2. The fourth-order valence-corrected chi connectivity index (χ4v) is 0.920. The average molecular weight is 192 g/mol. The zero-order valence-corrected chi connectivity index (χ0v) is 7.64. The monoisotopic (exact) mass is 192 g/mol. The maximum atomic E-state index is 10.1. The second kappa shape index (κ2) is 5.77. The fourth-order valence-electron chi connectivity index (χ4n) is 0.920. The highest BCUT2D eigenvalue weighted by Gasteiger charge is 1.88. The normalized spacial score (nSPS) is 10.3. The number of amides is 1. The van der Waals surface area contributed by atoms with Crippen LogP contribution in [-0.2, 0) is 4.84 Å². The number of benzene rings is 1. The van der Waals surface area contributed by atoms with Gasteiger partial charge in [0.1, 0.15) is 0 Å². The number of nitrogens with one attached hydrogen (secondary N) is 1. The van der Waals surface area contributed by atoms with Crippen molar-refractivity contribution in [1.82, 2.24) is 5.48 Å². The first-order chi connectivity index (χ1) is 6.79. The van der Waals surface area contributed by atoms with E-state index in [1.807, 2.05) is 42.5 Å². The molecule has 0 bridgehead atoms. The standard InChI is InChI=1S/C10H12N2O2/c11-10(13)14-12-8-4-7-9-5-2-1-3-6-9/h1-7,12H,8H2,(H2,11,13). The molecule has 3 N–H and O–H groups in total. The molecule has 0 fully saturated rings. The molecule has 0 spiro atoms. The van der Waals surface area contributed by atoms with Crippen molar-refractivity contribution in [1.29, 1.82) is 0 Å². The minimum absolute atomic E-state index is 0.428. The summed E-state index contributed by atoms with van der Waals surface area (Å²) in [5.74, 6) is 0. The minimum Gasteiger partial charge on any atom is -0.354 e. The van der Waals surface area contributed by atoms with E-state index in [1.54, 1.807) is 0 Å². The molecule has 0 atom stereocenters. The third-order valence-electron chi connectivity index (χ3n) is 1.48. The molecule has 1 rings (SSSR count). The van der Waals surface area contributed by atoms with Crippen LogP contribution < -0.4 is 11.2 Å². The van der Waals surface area contributed by atoms with E-state index in [4.69, 9.17) is 5.73 Å². The summed E-state index contributed by atoms with van der Waals surface area (Å²) in [4.78, 5) is 14.5. The quantitative estimate of drug-likeness (QED) is 0.558. The van der Waals surface area contributed by atoms with Gasteiger partial charge in [-0.3, -0.25) is 0 Å². The zero-order valence-electron chi connectivity index (χ0n) is 7.64. The van der Waals surface area contributed by atoms with Crippen LogP contribution in [0.4, 0.5) is 4.79 Å². The van der Waals surface area contributed by atoms with Gasteiger partial charge in [0, 0.05) is 0 Å². The Bertz CT molecular complexity index is 309. The number of nitrogens with two attached hydrogens (primary N) is 1. The summed E-state index contributed by atoms with van der Waals surface area (Å²) < 4.78 is 0. The van der Waals surface area contributed by atoms with E-state index in [9.17, 15) is 4.79 Å². The summed E-state index contributed by atoms with van der Waals surface area (Å²) in [5.41, 5.74) is 8.22. The number of hydroxylamine groups is 1. The van der Waals surface area contributed by atoms with Crippen LogP contribution in [-0.4, -0.2) is 12.6 Å². The van der Waals surface area contributed by atoms with Gasteiger partial charge in [-0.2, -0.15) is 0 Å². The third kappa shape index (κ3) is 4.27. The molecule has 1 amide bonds. The van der Waals surface area contributed by atoms with Crippen molar-refractivity contribution in [2.45, 2.75) is 0 Å². The van der Waals surface area contributed by atoms with Crippen LogP contribution in [0.25, 0.3) is 6.08 Å². The maximum Gasteiger partial charge on any atom is 0.423 e. The number of primary amides is 1. The average Bonchev–Trinajstić information content (AvgIpc) is 2.18. The molecule has 0 aliphatic heterocycles. The van der Waals surface area contributed by atoms with E-state index < -0.39 is 6.09 Å². The van der Waals surface area contributed by atoms with Gasteiger partial charge < -0.3 is 10.6 Å². The summed E-state index contributed by atoms with van der Waals surface area (Å²) in [7, 11) is 0. The molecule has 0 unspecified atom stereocenters. The lowest BCUT2D eigenvalue weighted by Gasteiger charge is -1.97. The third-order valence-corrected chi connectivity index (χ3v) is 1.48. The molecule has 0 heterocycles. The molecule has 0 aliphatic carbocycles. The molecular weight excluding hydrogens is 180 g/mol. The molecule has 1 aromatic carbocycles. The number of hydrogen-bond donors (Lipinski definition) is 2. The molecular formula is C10H12N2O2. The van der Waals surface area contributed by atoms with Crippen LogP contribution in [0, 0.1) is 0 Å². The Morgan fingerprint density at radius 2 is 2.14 bits per heavy atom. The lowest BCUT2D eigenvalue weighted by molar-refractivity contribution is 0.105. The van der Waals surface area contributed by atoms with Gasteiger partial charge in [-0.15, -0.1) is 5.48 Å².